The summed E-state index contributed by atoms with van der Waals surface area (Å²) in [5.41, 5.74) is 3.65. The molecule has 8 heteroatoms. The quantitative estimate of drug-likeness (QED) is 0.353. The highest BCUT2D eigenvalue weighted by Gasteiger charge is 2.27. The van der Waals surface area contributed by atoms with Crippen LogP contribution >= 0.6 is 23.1 Å². The highest BCUT2D eigenvalue weighted by atomic mass is 32.2. The van der Waals surface area contributed by atoms with E-state index in [1.165, 1.54) is 23.1 Å². The topological polar surface area (TPSA) is 76.5 Å². The van der Waals surface area contributed by atoms with Gasteiger partial charge in [-0.2, -0.15) is 12.8 Å². The average molecular weight is 491 g/mol. The Balaban J connectivity index is 1.61. The zero-order chi connectivity index (χ0) is 23.2. The number of thiazole rings is 1. The first-order valence-electron chi connectivity index (χ1n) is 10.1. The molecule has 4 aromatic rings. The predicted molar refractivity (Wildman–Crippen MR) is 134 cm³/mol. The number of carbonyl (C=O) groups excluding carboxylic acids is 1. The number of ketones is 1. The molecular formula is C25H18N2O3S3. The summed E-state index contributed by atoms with van der Waals surface area (Å²) >= 11 is 2.73. The average Bonchev–Trinajstić information content (AvgIpc) is 3.19. The number of hydrogen-bond donors (Lipinski definition) is 0. The van der Waals surface area contributed by atoms with Gasteiger partial charge in [-0.15, -0.1) is 11.3 Å². The van der Waals surface area contributed by atoms with Gasteiger partial charge >= 0.3 is 0 Å². The van der Waals surface area contributed by atoms with Gasteiger partial charge in [0, 0.05) is 11.1 Å². The summed E-state index contributed by atoms with van der Waals surface area (Å²) in [5, 5.41) is 0. The molecule has 1 heterocycles. The molecule has 1 aliphatic rings. The van der Waals surface area contributed by atoms with Crippen LogP contribution in [0.5, 0.6) is 0 Å². The Labute approximate surface area is 200 Å². The number of thioether (sulfide) groups is 1. The molecule has 1 aromatic heterocycles. The van der Waals surface area contributed by atoms with Gasteiger partial charge in [-0.1, -0.05) is 65.9 Å². The van der Waals surface area contributed by atoms with Gasteiger partial charge in [0.25, 0.3) is 10.0 Å². The van der Waals surface area contributed by atoms with E-state index in [0.717, 1.165) is 15.8 Å². The molecule has 0 fully saturated rings. The molecule has 0 amide bonds. The molecule has 0 saturated heterocycles. The van der Waals surface area contributed by atoms with E-state index in [-0.39, 0.29) is 16.4 Å². The van der Waals surface area contributed by atoms with Gasteiger partial charge in [-0.3, -0.25) is 4.79 Å². The zero-order valence-electron chi connectivity index (χ0n) is 17.8. The van der Waals surface area contributed by atoms with Crippen LogP contribution in [0.15, 0.2) is 91.3 Å². The smallest absolute Gasteiger partial charge is 0.283 e. The van der Waals surface area contributed by atoms with E-state index in [1.54, 1.807) is 49.4 Å². The summed E-state index contributed by atoms with van der Waals surface area (Å²) in [7, 11) is -3.97. The summed E-state index contributed by atoms with van der Waals surface area (Å²) in [6.45, 7) is 3.66. The molecule has 3 aromatic carbocycles. The Kier molecular flexibility index (Phi) is 5.52. The van der Waals surface area contributed by atoms with Gasteiger partial charge in [0.2, 0.25) is 5.78 Å². The van der Waals surface area contributed by atoms with E-state index in [2.05, 4.69) is 9.38 Å². The fourth-order valence-corrected chi connectivity index (χ4v) is 7.03. The maximum atomic E-state index is 13.2. The second kappa shape index (κ2) is 8.37. The van der Waals surface area contributed by atoms with E-state index in [0.29, 0.717) is 25.9 Å². The van der Waals surface area contributed by atoms with Crippen molar-refractivity contribution in [2.75, 3.05) is 0 Å². The molecule has 0 spiro atoms. The van der Waals surface area contributed by atoms with Crippen LogP contribution in [0.4, 0.5) is 0 Å². The number of fused-ring (bicyclic) bond motifs is 2. The van der Waals surface area contributed by atoms with Crippen LogP contribution in [0.2, 0.25) is 0 Å². The van der Waals surface area contributed by atoms with E-state index < -0.39 is 10.0 Å². The molecule has 0 unspecified atom stereocenters. The monoisotopic (exact) mass is 490 g/mol. The van der Waals surface area contributed by atoms with Crippen molar-refractivity contribution in [1.29, 1.82) is 0 Å². The van der Waals surface area contributed by atoms with Crippen LogP contribution in [-0.2, 0) is 10.0 Å². The molecule has 1 aliphatic carbocycles. The van der Waals surface area contributed by atoms with Gasteiger partial charge < -0.3 is 0 Å². The molecule has 0 aliphatic heterocycles. The number of sulfonamides is 1. The number of hydrogen-bond acceptors (Lipinski definition) is 6. The Morgan fingerprint density at radius 3 is 2.42 bits per heavy atom. The lowest BCUT2D eigenvalue weighted by atomic mass is 9.94. The number of aromatic nitrogens is 1. The maximum Gasteiger partial charge on any atom is 0.283 e. The Morgan fingerprint density at radius 2 is 1.67 bits per heavy atom. The highest BCUT2D eigenvalue weighted by Crippen LogP contribution is 2.38. The number of rotatable bonds is 4. The Hall–Kier alpha value is -3.07. The number of benzene rings is 3. The summed E-state index contributed by atoms with van der Waals surface area (Å²) in [4.78, 5) is 18.3. The van der Waals surface area contributed by atoms with Gasteiger partial charge in [-0.05, 0) is 43.7 Å². The number of allylic oxidation sites excluding steroid dienone is 2. The maximum absolute atomic E-state index is 13.2. The molecule has 0 atom stereocenters. The van der Waals surface area contributed by atoms with Crippen molar-refractivity contribution in [2.45, 2.75) is 23.1 Å². The molecule has 0 saturated carbocycles. The summed E-state index contributed by atoms with van der Waals surface area (Å²) in [5.74, 6) is -0.169. The third kappa shape index (κ3) is 4.17. The third-order valence-corrected chi connectivity index (χ3v) is 8.81. The normalized spacial score (nSPS) is 15.0. The van der Waals surface area contributed by atoms with Crippen LogP contribution in [-0.4, -0.2) is 24.9 Å². The molecule has 0 N–H and O–H groups in total. The summed E-state index contributed by atoms with van der Waals surface area (Å²) in [6, 6.07) is 19.9. The van der Waals surface area contributed by atoms with Crippen LogP contribution in [0.25, 0.3) is 10.2 Å². The molecule has 33 heavy (non-hydrogen) atoms. The van der Waals surface area contributed by atoms with Gasteiger partial charge in [-0.25, -0.2) is 4.98 Å². The van der Waals surface area contributed by atoms with E-state index >= 15 is 0 Å². The van der Waals surface area contributed by atoms with Crippen LogP contribution in [0.1, 0.15) is 27.0 Å². The summed E-state index contributed by atoms with van der Waals surface area (Å²) in [6.07, 6.45) is 1.56. The van der Waals surface area contributed by atoms with Crippen molar-refractivity contribution in [1.82, 2.24) is 4.98 Å². The standard InChI is InChI=1S/C25H18N2O3S3/c1-15-11-12-23(16(2)13-15)33(29,30)27-20-14-22(24(28)18-8-4-3-7-17(18)20)32-25-26-19-9-5-6-10-21(19)31-25/h3-14H,1-2H3/b27-20-. The molecular weight excluding hydrogens is 472 g/mol. The van der Waals surface area contributed by atoms with Crippen LogP contribution in [0, 0.1) is 13.8 Å². The van der Waals surface area contributed by atoms with E-state index in [4.69, 9.17) is 0 Å². The van der Waals surface area contributed by atoms with Crippen molar-refractivity contribution in [3.63, 3.8) is 0 Å². The van der Waals surface area contributed by atoms with E-state index in [9.17, 15) is 13.2 Å². The Morgan fingerprint density at radius 1 is 0.939 bits per heavy atom. The SMILES string of the molecule is Cc1ccc(S(=O)(=O)/N=C2/C=C(Sc3nc4ccccc4s3)C(=O)c3ccccc32)c(C)c1. The second-order valence-electron chi connectivity index (χ2n) is 7.65. The van der Waals surface area contributed by atoms with Crippen LogP contribution in [0.3, 0.4) is 0 Å². The van der Waals surface area contributed by atoms with Crippen LogP contribution < -0.4 is 0 Å². The predicted octanol–water partition coefficient (Wildman–Crippen LogP) is 5.96. The molecule has 0 radical (unpaired) electrons. The molecule has 5 nitrogen and oxygen atoms in total. The number of para-hydroxylation sites is 1. The number of carbonyl (C=O) groups is 1. The fourth-order valence-electron chi connectivity index (χ4n) is 3.71. The number of Topliss-reactive ketones (excluding diaryl/α,β-unsaturated/α-hetero) is 1. The minimum atomic E-state index is -3.97. The molecule has 164 valence electrons. The highest BCUT2D eigenvalue weighted by molar-refractivity contribution is 8.05. The minimum Gasteiger partial charge on any atom is -0.288 e. The first kappa shape index (κ1) is 21.8. The first-order chi connectivity index (χ1) is 15.8. The van der Waals surface area contributed by atoms with Gasteiger partial charge in [0.05, 0.1) is 25.7 Å². The zero-order valence-corrected chi connectivity index (χ0v) is 20.2. The number of nitrogens with zero attached hydrogens (tertiary/aromatic N) is 2. The van der Waals surface area contributed by atoms with Crippen molar-refractivity contribution in [3.8, 4) is 0 Å². The van der Waals surface area contributed by atoms with Crippen molar-refractivity contribution >= 4 is 54.8 Å². The lowest BCUT2D eigenvalue weighted by Gasteiger charge is -2.16. The lowest BCUT2D eigenvalue weighted by Crippen LogP contribution is -2.17. The molecule has 5 rings (SSSR count). The number of aryl methyl sites for hydroxylation is 2. The largest absolute Gasteiger partial charge is 0.288 e. The van der Waals surface area contributed by atoms with Crippen molar-refractivity contribution < 1.29 is 13.2 Å². The molecule has 0 bridgehead atoms. The van der Waals surface area contributed by atoms with E-state index in [1.807, 2.05) is 37.3 Å². The van der Waals surface area contributed by atoms with Gasteiger partial charge in [0.1, 0.15) is 0 Å². The second-order valence-corrected chi connectivity index (χ2v) is 11.5. The Bertz CT molecular complexity index is 1570. The fraction of sp³-hybridized carbons (Fsp3) is 0.0800. The van der Waals surface area contributed by atoms with Crippen molar-refractivity contribution in [3.05, 3.63) is 100.0 Å². The lowest BCUT2D eigenvalue weighted by molar-refractivity contribution is 0.104. The first-order valence-corrected chi connectivity index (χ1v) is 13.2. The minimum absolute atomic E-state index is 0.156. The summed E-state index contributed by atoms with van der Waals surface area (Å²) < 4.78 is 32.3. The third-order valence-electron chi connectivity index (χ3n) is 5.24. The van der Waals surface area contributed by atoms with Gasteiger partial charge in [0.15, 0.2) is 4.34 Å². The van der Waals surface area contributed by atoms with Crippen molar-refractivity contribution in [2.24, 2.45) is 4.40 Å².